The summed E-state index contributed by atoms with van der Waals surface area (Å²) in [7, 11) is 0. The van der Waals surface area contributed by atoms with Gasteiger partial charge in [-0.3, -0.25) is 0 Å². The van der Waals surface area contributed by atoms with E-state index in [1.54, 1.807) is 0 Å². The van der Waals surface area contributed by atoms with E-state index in [1.165, 1.54) is 57.8 Å². The monoisotopic (exact) mass is 251 g/mol. The van der Waals surface area contributed by atoms with Gasteiger partial charge in [-0.25, -0.2) is 0 Å². The van der Waals surface area contributed by atoms with E-state index in [-0.39, 0.29) is 5.60 Å². The van der Waals surface area contributed by atoms with Gasteiger partial charge in [-0.2, -0.15) is 0 Å². The fraction of sp³-hybridized carbons (Fsp3) is 1.00. The lowest BCUT2D eigenvalue weighted by atomic mass is 9.74. The van der Waals surface area contributed by atoms with Crippen LogP contribution in [0, 0.1) is 11.8 Å². The Balaban J connectivity index is 1.68. The van der Waals surface area contributed by atoms with Crippen molar-refractivity contribution in [2.75, 3.05) is 13.2 Å². The summed E-state index contributed by atoms with van der Waals surface area (Å²) >= 11 is 0. The van der Waals surface area contributed by atoms with Gasteiger partial charge in [-0.05, 0) is 37.5 Å². The maximum absolute atomic E-state index is 6.35. The molecule has 1 aliphatic heterocycles. The molecule has 2 heteroatoms. The lowest BCUT2D eigenvalue weighted by Crippen LogP contribution is -2.58. The van der Waals surface area contributed by atoms with Crippen LogP contribution in [-0.4, -0.2) is 24.8 Å². The lowest BCUT2D eigenvalue weighted by molar-refractivity contribution is -0.113. The number of nitrogens with one attached hydrogen (secondary N) is 1. The first-order chi connectivity index (χ1) is 8.78. The highest BCUT2D eigenvalue weighted by molar-refractivity contribution is 4.99. The smallest absolute Gasteiger partial charge is 0.0835 e. The van der Waals surface area contributed by atoms with Gasteiger partial charge in [0.05, 0.1) is 12.2 Å². The largest absolute Gasteiger partial charge is 0.372 e. The predicted molar refractivity (Wildman–Crippen MR) is 74.7 cm³/mol. The molecule has 18 heavy (non-hydrogen) atoms. The minimum Gasteiger partial charge on any atom is -0.372 e. The Morgan fingerprint density at radius 2 is 2.00 bits per heavy atom. The van der Waals surface area contributed by atoms with Gasteiger partial charge in [0.25, 0.3) is 0 Å². The number of ether oxygens (including phenoxy) is 1. The van der Waals surface area contributed by atoms with Crippen LogP contribution in [0.15, 0.2) is 0 Å². The van der Waals surface area contributed by atoms with Crippen molar-refractivity contribution in [2.24, 2.45) is 11.8 Å². The summed E-state index contributed by atoms with van der Waals surface area (Å²) in [5, 5.41) is 3.80. The van der Waals surface area contributed by atoms with Crippen LogP contribution in [0.25, 0.3) is 0 Å². The first-order valence-corrected chi connectivity index (χ1v) is 8.16. The SMILES string of the molecule is CC1CCCC2(CC1)OCCNC2CC1CCC1. The molecule has 3 rings (SSSR count). The summed E-state index contributed by atoms with van der Waals surface area (Å²) in [5.41, 5.74) is 0.193. The average Bonchev–Trinajstić information content (AvgIpc) is 2.50. The van der Waals surface area contributed by atoms with Crippen LogP contribution in [0.4, 0.5) is 0 Å². The molecule has 0 aromatic heterocycles. The molecule has 2 aliphatic carbocycles. The zero-order chi connectivity index (χ0) is 12.4. The Labute approximate surface area is 112 Å². The van der Waals surface area contributed by atoms with Gasteiger partial charge >= 0.3 is 0 Å². The first kappa shape index (κ1) is 12.9. The van der Waals surface area contributed by atoms with Gasteiger partial charge in [-0.15, -0.1) is 0 Å². The molecule has 0 aromatic rings. The Morgan fingerprint density at radius 3 is 2.78 bits per heavy atom. The van der Waals surface area contributed by atoms with Gasteiger partial charge in [0, 0.05) is 12.6 Å². The zero-order valence-electron chi connectivity index (χ0n) is 11.9. The molecule has 104 valence electrons. The second-order valence-corrected chi connectivity index (χ2v) is 6.99. The third-order valence-corrected chi connectivity index (χ3v) is 5.67. The summed E-state index contributed by atoms with van der Waals surface area (Å²) < 4.78 is 6.35. The van der Waals surface area contributed by atoms with E-state index in [1.807, 2.05) is 0 Å². The Morgan fingerprint density at radius 1 is 1.11 bits per heavy atom. The molecule has 1 spiro atoms. The van der Waals surface area contributed by atoms with Gasteiger partial charge in [0.1, 0.15) is 0 Å². The second-order valence-electron chi connectivity index (χ2n) is 6.99. The number of hydrogen-bond acceptors (Lipinski definition) is 2. The molecule has 2 nitrogen and oxygen atoms in total. The van der Waals surface area contributed by atoms with Crippen molar-refractivity contribution in [1.82, 2.24) is 5.32 Å². The van der Waals surface area contributed by atoms with Crippen molar-refractivity contribution in [3.05, 3.63) is 0 Å². The molecular formula is C16H29NO. The summed E-state index contributed by atoms with van der Waals surface area (Å²) in [6.45, 7) is 4.40. The lowest BCUT2D eigenvalue weighted by Gasteiger charge is -2.46. The quantitative estimate of drug-likeness (QED) is 0.811. The molecule has 3 unspecified atom stereocenters. The van der Waals surface area contributed by atoms with Crippen molar-refractivity contribution in [2.45, 2.75) is 76.4 Å². The number of hydrogen-bond donors (Lipinski definition) is 1. The minimum atomic E-state index is 0.193. The van der Waals surface area contributed by atoms with E-state index >= 15 is 0 Å². The van der Waals surface area contributed by atoms with Crippen LogP contribution in [0.3, 0.4) is 0 Å². The molecule has 0 bridgehead atoms. The van der Waals surface area contributed by atoms with E-state index in [4.69, 9.17) is 4.74 Å². The summed E-state index contributed by atoms with van der Waals surface area (Å²) in [4.78, 5) is 0. The van der Waals surface area contributed by atoms with Crippen LogP contribution in [-0.2, 0) is 4.74 Å². The zero-order valence-corrected chi connectivity index (χ0v) is 11.9. The van der Waals surface area contributed by atoms with Crippen molar-refractivity contribution in [3.8, 4) is 0 Å². The molecule has 2 saturated carbocycles. The van der Waals surface area contributed by atoms with E-state index in [2.05, 4.69) is 12.2 Å². The minimum absolute atomic E-state index is 0.193. The second kappa shape index (κ2) is 5.50. The molecule has 0 aromatic carbocycles. The molecule has 0 amide bonds. The van der Waals surface area contributed by atoms with Crippen molar-refractivity contribution < 1.29 is 4.74 Å². The maximum Gasteiger partial charge on any atom is 0.0835 e. The highest BCUT2D eigenvalue weighted by Gasteiger charge is 2.43. The topological polar surface area (TPSA) is 21.3 Å². The number of rotatable bonds is 2. The normalized spacial score (nSPS) is 42.5. The van der Waals surface area contributed by atoms with E-state index in [0.29, 0.717) is 6.04 Å². The van der Waals surface area contributed by atoms with Crippen LogP contribution in [0.5, 0.6) is 0 Å². The fourth-order valence-corrected chi connectivity index (χ4v) is 4.14. The third kappa shape index (κ3) is 2.60. The Bertz CT molecular complexity index is 276. The van der Waals surface area contributed by atoms with E-state index < -0.39 is 0 Å². The standard InChI is InChI=1S/C16H29NO/c1-13-4-3-8-16(9-7-13)15(17-10-11-18-16)12-14-5-2-6-14/h13-15,17H,2-12H2,1H3. The van der Waals surface area contributed by atoms with Gasteiger partial charge < -0.3 is 10.1 Å². The molecular weight excluding hydrogens is 222 g/mol. The fourth-order valence-electron chi connectivity index (χ4n) is 4.14. The molecule has 3 atom stereocenters. The van der Waals surface area contributed by atoms with Crippen LogP contribution in [0.1, 0.15) is 64.7 Å². The van der Waals surface area contributed by atoms with Gasteiger partial charge in [0.15, 0.2) is 0 Å². The average molecular weight is 251 g/mol. The van der Waals surface area contributed by atoms with Crippen molar-refractivity contribution in [1.29, 1.82) is 0 Å². The molecule has 3 fully saturated rings. The third-order valence-electron chi connectivity index (χ3n) is 5.67. The van der Waals surface area contributed by atoms with Crippen LogP contribution in [0.2, 0.25) is 0 Å². The Hall–Kier alpha value is -0.0800. The van der Waals surface area contributed by atoms with Gasteiger partial charge in [0.2, 0.25) is 0 Å². The summed E-state index contributed by atoms with van der Waals surface area (Å²) in [5.74, 6) is 1.89. The molecule has 0 radical (unpaired) electrons. The Kier molecular flexibility index (Phi) is 3.95. The highest BCUT2D eigenvalue weighted by Crippen LogP contribution is 2.41. The first-order valence-electron chi connectivity index (χ1n) is 8.16. The molecule has 1 N–H and O–H groups in total. The molecule has 3 aliphatic rings. The van der Waals surface area contributed by atoms with E-state index in [0.717, 1.165) is 25.0 Å². The number of morpholine rings is 1. The predicted octanol–water partition coefficient (Wildman–Crippen LogP) is 3.50. The van der Waals surface area contributed by atoms with Crippen molar-refractivity contribution >= 4 is 0 Å². The van der Waals surface area contributed by atoms with Crippen molar-refractivity contribution in [3.63, 3.8) is 0 Å². The van der Waals surface area contributed by atoms with Crippen LogP contribution >= 0.6 is 0 Å². The highest BCUT2D eigenvalue weighted by atomic mass is 16.5. The molecule has 1 saturated heterocycles. The molecule has 1 heterocycles. The van der Waals surface area contributed by atoms with Gasteiger partial charge in [-0.1, -0.05) is 39.0 Å². The summed E-state index contributed by atoms with van der Waals surface area (Å²) in [6, 6.07) is 0.641. The van der Waals surface area contributed by atoms with Crippen LogP contribution < -0.4 is 5.32 Å². The summed E-state index contributed by atoms with van der Waals surface area (Å²) in [6.07, 6.45) is 12.5. The maximum atomic E-state index is 6.35. The van der Waals surface area contributed by atoms with E-state index in [9.17, 15) is 0 Å².